The number of aromatic nitrogens is 1. The Hall–Kier alpha value is -2.38. The molecule has 0 saturated carbocycles. The smallest absolute Gasteiger partial charge is 0.215 e. The molecule has 146 valence electrons. The molecule has 0 radical (unpaired) electrons. The zero-order valence-corrected chi connectivity index (χ0v) is 18.7. The molecular formula is C22H17Br2N3O2. The molecule has 0 bridgehead atoms. The van der Waals surface area contributed by atoms with Crippen molar-refractivity contribution in [2.75, 3.05) is 7.11 Å². The maximum Gasteiger partial charge on any atom is 0.215 e. The lowest BCUT2D eigenvalue weighted by molar-refractivity contribution is -0.0199. The Morgan fingerprint density at radius 2 is 1.97 bits per heavy atom. The third-order valence-electron chi connectivity index (χ3n) is 5.20. The van der Waals surface area contributed by atoms with Crippen molar-refractivity contribution in [3.8, 4) is 11.5 Å². The van der Waals surface area contributed by atoms with E-state index in [0.717, 1.165) is 49.3 Å². The number of nitrogens with zero attached hydrogens (tertiary/aromatic N) is 3. The molecule has 3 heterocycles. The Labute approximate surface area is 185 Å². The minimum absolute atomic E-state index is 0.0786. The summed E-state index contributed by atoms with van der Waals surface area (Å²) in [5.74, 6) is 1.69. The minimum Gasteiger partial charge on any atom is -0.497 e. The highest BCUT2D eigenvalue weighted by Crippen LogP contribution is 2.50. The van der Waals surface area contributed by atoms with Gasteiger partial charge >= 0.3 is 0 Å². The predicted octanol–water partition coefficient (Wildman–Crippen LogP) is 5.86. The summed E-state index contributed by atoms with van der Waals surface area (Å²) in [7, 11) is 1.67. The van der Waals surface area contributed by atoms with E-state index < -0.39 is 0 Å². The van der Waals surface area contributed by atoms with Gasteiger partial charge in [0.05, 0.1) is 23.3 Å². The minimum atomic E-state index is -0.338. The molecule has 0 spiro atoms. The number of ether oxygens (including phenoxy) is 2. The fourth-order valence-electron chi connectivity index (χ4n) is 3.81. The van der Waals surface area contributed by atoms with Gasteiger partial charge in [0.25, 0.3) is 0 Å². The van der Waals surface area contributed by atoms with Crippen LogP contribution in [-0.4, -0.2) is 22.8 Å². The van der Waals surface area contributed by atoms with Crippen LogP contribution < -0.4 is 9.47 Å². The number of fused-ring (bicyclic) bond motifs is 3. The molecule has 0 saturated heterocycles. The van der Waals surface area contributed by atoms with Crippen LogP contribution in [0.5, 0.6) is 11.5 Å². The maximum absolute atomic E-state index is 6.43. The van der Waals surface area contributed by atoms with E-state index in [2.05, 4.69) is 47.9 Å². The maximum atomic E-state index is 6.43. The summed E-state index contributed by atoms with van der Waals surface area (Å²) < 4.78 is 13.6. The molecule has 2 aromatic carbocycles. The van der Waals surface area contributed by atoms with Crippen molar-refractivity contribution in [1.29, 1.82) is 0 Å². The van der Waals surface area contributed by atoms with Crippen molar-refractivity contribution in [3.63, 3.8) is 0 Å². The molecular weight excluding hydrogens is 498 g/mol. The van der Waals surface area contributed by atoms with Gasteiger partial charge in [-0.25, -0.2) is 5.01 Å². The van der Waals surface area contributed by atoms with Gasteiger partial charge in [0.15, 0.2) is 0 Å². The molecule has 0 N–H and O–H groups in total. The largest absolute Gasteiger partial charge is 0.497 e. The molecule has 29 heavy (non-hydrogen) atoms. The van der Waals surface area contributed by atoms with Crippen molar-refractivity contribution >= 4 is 37.6 Å². The summed E-state index contributed by atoms with van der Waals surface area (Å²) in [5, 5.41) is 7.03. The normalized spacial score (nSPS) is 19.8. The van der Waals surface area contributed by atoms with Gasteiger partial charge in [0.2, 0.25) is 6.23 Å². The fraction of sp³-hybridized carbons (Fsp3) is 0.182. The highest BCUT2D eigenvalue weighted by atomic mass is 79.9. The van der Waals surface area contributed by atoms with Crippen molar-refractivity contribution in [2.24, 2.45) is 5.10 Å². The molecule has 0 fully saturated rings. The highest BCUT2D eigenvalue weighted by molar-refractivity contribution is 9.11. The zero-order chi connectivity index (χ0) is 20.0. The first-order valence-corrected chi connectivity index (χ1v) is 10.8. The molecule has 7 heteroatoms. The Morgan fingerprint density at radius 3 is 2.69 bits per heavy atom. The number of hydrazone groups is 1. The Kier molecular flexibility index (Phi) is 4.80. The molecule has 2 aliphatic heterocycles. The van der Waals surface area contributed by atoms with Crippen LogP contribution in [0.1, 0.15) is 35.4 Å². The molecule has 1 aromatic heterocycles. The fourth-order valence-corrected chi connectivity index (χ4v) is 5.17. The van der Waals surface area contributed by atoms with Gasteiger partial charge in [-0.15, -0.1) is 0 Å². The lowest BCUT2D eigenvalue weighted by atomic mass is 9.96. The van der Waals surface area contributed by atoms with Crippen LogP contribution in [0.15, 0.2) is 75.0 Å². The number of hydrogen-bond donors (Lipinski definition) is 0. The highest BCUT2D eigenvalue weighted by Gasteiger charge is 2.42. The Balaban J connectivity index is 1.60. The van der Waals surface area contributed by atoms with Gasteiger partial charge in [-0.05, 0) is 64.0 Å². The van der Waals surface area contributed by atoms with E-state index in [1.807, 2.05) is 48.7 Å². The van der Waals surface area contributed by atoms with E-state index in [0.29, 0.717) is 0 Å². The van der Waals surface area contributed by atoms with Crippen LogP contribution >= 0.6 is 31.9 Å². The molecule has 2 unspecified atom stereocenters. The van der Waals surface area contributed by atoms with Crippen LogP contribution in [0.4, 0.5) is 0 Å². The number of pyridine rings is 1. The van der Waals surface area contributed by atoms with E-state index in [4.69, 9.17) is 14.6 Å². The second-order valence-corrected chi connectivity index (χ2v) is 8.71. The standard InChI is InChI=1S/C22H17Br2N3O2/c1-28-16-6-4-13(5-7-16)19-11-20-17-9-15(23)10-18(24)21(17)29-22(27(20)26-19)14-3-2-8-25-12-14/h2-10,12,20,22H,11H2,1H3. The lowest BCUT2D eigenvalue weighted by Crippen LogP contribution is -2.34. The summed E-state index contributed by atoms with van der Waals surface area (Å²) >= 11 is 7.27. The molecule has 3 aromatic rings. The number of rotatable bonds is 3. The number of methoxy groups -OCH3 is 1. The third-order valence-corrected chi connectivity index (χ3v) is 6.25. The van der Waals surface area contributed by atoms with Crippen LogP contribution in [-0.2, 0) is 0 Å². The summed E-state index contributed by atoms with van der Waals surface area (Å²) in [4.78, 5) is 4.27. The summed E-state index contributed by atoms with van der Waals surface area (Å²) in [6.45, 7) is 0. The first kappa shape index (κ1) is 18.6. The SMILES string of the molecule is COc1ccc(C2=NN3C(C2)c2cc(Br)cc(Br)c2OC3c2cccnc2)cc1. The molecule has 0 aliphatic carbocycles. The van der Waals surface area contributed by atoms with Crippen LogP contribution in [0.2, 0.25) is 0 Å². The quantitative estimate of drug-likeness (QED) is 0.439. The first-order chi connectivity index (χ1) is 14.1. The summed E-state index contributed by atoms with van der Waals surface area (Å²) in [6, 6.07) is 16.2. The second-order valence-electron chi connectivity index (χ2n) is 6.94. The van der Waals surface area contributed by atoms with Gasteiger partial charge < -0.3 is 9.47 Å². The third kappa shape index (κ3) is 3.32. The average Bonchev–Trinajstić information content (AvgIpc) is 3.20. The average molecular weight is 515 g/mol. The number of halogens is 2. The Morgan fingerprint density at radius 1 is 1.14 bits per heavy atom. The van der Waals surface area contributed by atoms with Gasteiger partial charge in [0, 0.05) is 34.4 Å². The molecule has 0 amide bonds. The van der Waals surface area contributed by atoms with Gasteiger partial charge in [-0.3, -0.25) is 4.98 Å². The molecule has 2 aliphatic rings. The first-order valence-electron chi connectivity index (χ1n) is 9.20. The van der Waals surface area contributed by atoms with E-state index >= 15 is 0 Å². The molecule has 2 atom stereocenters. The summed E-state index contributed by atoms with van der Waals surface area (Å²) in [5.41, 5.74) is 4.19. The van der Waals surface area contributed by atoms with Crippen LogP contribution in [0, 0.1) is 0 Å². The van der Waals surface area contributed by atoms with Crippen molar-refractivity contribution < 1.29 is 9.47 Å². The lowest BCUT2D eigenvalue weighted by Gasteiger charge is -2.38. The van der Waals surface area contributed by atoms with Gasteiger partial charge in [-0.2, -0.15) is 5.10 Å². The number of hydrogen-bond acceptors (Lipinski definition) is 5. The second kappa shape index (κ2) is 7.46. The van der Waals surface area contributed by atoms with Crippen LogP contribution in [0.25, 0.3) is 0 Å². The monoisotopic (exact) mass is 513 g/mol. The van der Waals surface area contributed by atoms with Gasteiger partial charge in [-0.1, -0.05) is 22.0 Å². The topological polar surface area (TPSA) is 47.0 Å². The molecule has 5 rings (SSSR count). The van der Waals surface area contributed by atoms with Crippen molar-refractivity contribution in [3.05, 3.63) is 86.6 Å². The number of benzene rings is 2. The van der Waals surface area contributed by atoms with Crippen molar-refractivity contribution in [2.45, 2.75) is 18.7 Å². The zero-order valence-electron chi connectivity index (χ0n) is 15.5. The predicted molar refractivity (Wildman–Crippen MR) is 118 cm³/mol. The van der Waals surface area contributed by atoms with E-state index in [9.17, 15) is 0 Å². The van der Waals surface area contributed by atoms with Crippen molar-refractivity contribution in [1.82, 2.24) is 9.99 Å². The van der Waals surface area contributed by atoms with Gasteiger partial charge in [0.1, 0.15) is 11.5 Å². The van der Waals surface area contributed by atoms with Crippen LogP contribution in [0.3, 0.4) is 0 Å². The van der Waals surface area contributed by atoms with E-state index in [-0.39, 0.29) is 12.3 Å². The van der Waals surface area contributed by atoms with E-state index in [1.54, 1.807) is 13.3 Å². The summed E-state index contributed by atoms with van der Waals surface area (Å²) in [6.07, 6.45) is 4.05. The van der Waals surface area contributed by atoms with E-state index in [1.165, 1.54) is 0 Å². The molecule has 5 nitrogen and oxygen atoms in total. The Bertz CT molecular complexity index is 1090.